The maximum atomic E-state index is 11.1. The van der Waals surface area contributed by atoms with Crippen LogP contribution in [0.5, 0.6) is 5.75 Å². The van der Waals surface area contributed by atoms with E-state index in [0.717, 1.165) is 41.7 Å². The minimum Gasteiger partial charge on any atom is -0.507 e. The molecular weight excluding hydrogens is 409 g/mol. The van der Waals surface area contributed by atoms with E-state index in [-0.39, 0.29) is 5.16 Å². The molecule has 2 atom stereocenters. The summed E-state index contributed by atoms with van der Waals surface area (Å²) in [5.41, 5.74) is 7.93. The molecule has 3 rings (SSSR count). The lowest BCUT2D eigenvalue weighted by Gasteiger charge is -2.36. The summed E-state index contributed by atoms with van der Waals surface area (Å²) in [6, 6.07) is 21.3. The molecule has 0 aromatic heterocycles. The van der Waals surface area contributed by atoms with Crippen LogP contribution in [0.3, 0.4) is 0 Å². The molecule has 3 aromatic rings. The highest BCUT2D eigenvalue weighted by molar-refractivity contribution is 7.49. The number of aromatic hydroxyl groups is 1. The van der Waals surface area contributed by atoms with Gasteiger partial charge in [0.2, 0.25) is 0 Å². The lowest BCUT2D eigenvalue weighted by Crippen LogP contribution is -2.27. The first-order valence-corrected chi connectivity index (χ1v) is 12.6. The van der Waals surface area contributed by atoms with E-state index in [1.54, 1.807) is 0 Å². The van der Waals surface area contributed by atoms with Gasteiger partial charge in [0.1, 0.15) is 5.75 Å². The Bertz CT molecular complexity index is 1100. The Morgan fingerprint density at radius 2 is 1.66 bits per heavy atom. The molecule has 0 fully saturated rings. The molecular formula is C29H36NOP. The smallest absolute Gasteiger partial charge is 0.122 e. The summed E-state index contributed by atoms with van der Waals surface area (Å²) >= 11 is 0. The Labute approximate surface area is 195 Å². The predicted octanol–water partition coefficient (Wildman–Crippen LogP) is 7.19. The van der Waals surface area contributed by atoms with Crippen molar-refractivity contribution in [1.82, 2.24) is 0 Å². The third-order valence-corrected chi connectivity index (χ3v) is 8.67. The van der Waals surface area contributed by atoms with E-state index in [1.165, 1.54) is 22.0 Å². The summed E-state index contributed by atoms with van der Waals surface area (Å²) in [6.07, 6.45) is 3.09. The minimum absolute atomic E-state index is 0.105. The van der Waals surface area contributed by atoms with Crippen molar-refractivity contribution in [2.75, 3.05) is 7.05 Å². The molecule has 0 saturated heterocycles. The standard InChI is InChI=1S/C29H36NOP/c1-7-17-29(8-2,25-19-20(3)18-22(5)27(25)31)32-28-21(4)13-12-16-24(28)26(30-6)23-14-10-9-11-15-23/h9-16,18-19,31-32H,7-8,17H2,1-6H3. The van der Waals surface area contributed by atoms with Crippen molar-refractivity contribution >= 4 is 19.6 Å². The average Bonchev–Trinajstić information content (AvgIpc) is 2.79. The fourth-order valence-corrected chi connectivity index (χ4v) is 6.72. The summed E-state index contributed by atoms with van der Waals surface area (Å²) in [5, 5.41) is 12.4. The van der Waals surface area contributed by atoms with Crippen LogP contribution in [0.2, 0.25) is 0 Å². The maximum absolute atomic E-state index is 11.1. The van der Waals surface area contributed by atoms with E-state index >= 15 is 0 Å². The van der Waals surface area contributed by atoms with E-state index < -0.39 is 0 Å². The number of benzene rings is 3. The highest BCUT2D eigenvalue weighted by Gasteiger charge is 2.34. The van der Waals surface area contributed by atoms with Crippen molar-refractivity contribution in [3.05, 3.63) is 94.0 Å². The second-order valence-corrected chi connectivity index (χ2v) is 10.4. The molecule has 0 amide bonds. The summed E-state index contributed by atoms with van der Waals surface area (Å²) in [5.74, 6) is 0.459. The Kier molecular flexibility index (Phi) is 7.91. The fraction of sp³-hybridized carbons (Fsp3) is 0.345. The molecule has 2 unspecified atom stereocenters. The van der Waals surface area contributed by atoms with Gasteiger partial charge >= 0.3 is 0 Å². The third kappa shape index (κ3) is 4.81. The van der Waals surface area contributed by atoms with Gasteiger partial charge in [-0.1, -0.05) is 95.1 Å². The van der Waals surface area contributed by atoms with Gasteiger partial charge < -0.3 is 5.11 Å². The zero-order chi connectivity index (χ0) is 23.3. The molecule has 0 radical (unpaired) electrons. The molecule has 168 valence electrons. The molecule has 0 aliphatic rings. The molecule has 0 saturated carbocycles. The van der Waals surface area contributed by atoms with Crippen LogP contribution in [-0.4, -0.2) is 17.9 Å². The van der Waals surface area contributed by atoms with Crippen LogP contribution in [0.25, 0.3) is 0 Å². The Hall–Kier alpha value is -2.44. The Morgan fingerprint density at radius 3 is 2.28 bits per heavy atom. The molecule has 0 spiro atoms. The SMILES string of the molecule is CCCC(CC)(Pc1c(C)cccc1C(=NC)c1ccccc1)c1cc(C)cc(C)c1O. The monoisotopic (exact) mass is 445 g/mol. The van der Waals surface area contributed by atoms with Gasteiger partial charge in [-0.2, -0.15) is 0 Å². The van der Waals surface area contributed by atoms with Crippen molar-refractivity contribution < 1.29 is 5.11 Å². The number of phenols is 1. The lowest BCUT2D eigenvalue weighted by atomic mass is 9.88. The van der Waals surface area contributed by atoms with E-state index in [9.17, 15) is 5.11 Å². The van der Waals surface area contributed by atoms with Crippen LogP contribution in [0, 0.1) is 20.8 Å². The first kappa shape index (κ1) is 24.2. The number of aliphatic imine (C=N–C) groups is 1. The Balaban J connectivity index is 2.21. The summed E-state index contributed by atoms with van der Waals surface area (Å²) in [7, 11) is 2.42. The highest BCUT2D eigenvalue weighted by Crippen LogP contribution is 2.52. The van der Waals surface area contributed by atoms with Crippen LogP contribution < -0.4 is 5.30 Å². The second-order valence-electron chi connectivity index (χ2n) is 8.72. The van der Waals surface area contributed by atoms with E-state index in [2.05, 4.69) is 82.3 Å². The molecule has 0 heterocycles. The fourth-order valence-electron chi connectivity index (χ4n) is 4.74. The molecule has 0 aliphatic heterocycles. The van der Waals surface area contributed by atoms with Crippen molar-refractivity contribution in [1.29, 1.82) is 0 Å². The number of phenolic OH excluding ortho intramolecular Hbond substituents is 1. The lowest BCUT2D eigenvalue weighted by molar-refractivity contribution is 0.438. The van der Waals surface area contributed by atoms with Crippen LogP contribution in [0.4, 0.5) is 0 Å². The molecule has 2 nitrogen and oxygen atoms in total. The number of hydrogen-bond donors (Lipinski definition) is 1. The number of nitrogens with zero attached hydrogens (tertiary/aromatic N) is 1. The zero-order valence-electron chi connectivity index (χ0n) is 20.3. The summed E-state index contributed by atoms with van der Waals surface area (Å²) in [4.78, 5) is 4.72. The van der Waals surface area contributed by atoms with E-state index in [0.29, 0.717) is 14.3 Å². The van der Waals surface area contributed by atoms with Gasteiger partial charge in [0.15, 0.2) is 0 Å². The molecule has 0 bridgehead atoms. The number of rotatable bonds is 8. The quantitative estimate of drug-likeness (QED) is 0.289. The van der Waals surface area contributed by atoms with Crippen molar-refractivity contribution in [3.63, 3.8) is 0 Å². The van der Waals surface area contributed by atoms with Crippen molar-refractivity contribution in [2.45, 2.75) is 59.0 Å². The zero-order valence-corrected chi connectivity index (χ0v) is 21.3. The van der Waals surface area contributed by atoms with Crippen molar-refractivity contribution in [3.8, 4) is 5.75 Å². The van der Waals surface area contributed by atoms with E-state index in [1.807, 2.05) is 20.0 Å². The summed E-state index contributed by atoms with van der Waals surface area (Å²) < 4.78 is 0. The Morgan fingerprint density at radius 1 is 0.938 bits per heavy atom. The number of hydrogen-bond acceptors (Lipinski definition) is 2. The molecule has 3 aromatic carbocycles. The number of aryl methyl sites for hydroxylation is 3. The second kappa shape index (κ2) is 10.5. The van der Waals surface area contributed by atoms with Gasteiger partial charge in [-0.05, 0) is 50.0 Å². The highest BCUT2D eigenvalue weighted by atomic mass is 31.1. The van der Waals surface area contributed by atoms with Crippen LogP contribution in [0.15, 0.2) is 65.7 Å². The van der Waals surface area contributed by atoms with Crippen LogP contribution >= 0.6 is 8.58 Å². The molecule has 3 heteroatoms. The van der Waals surface area contributed by atoms with Gasteiger partial charge in [-0.3, -0.25) is 4.99 Å². The van der Waals surface area contributed by atoms with Crippen LogP contribution in [-0.2, 0) is 5.16 Å². The van der Waals surface area contributed by atoms with E-state index in [4.69, 9.17) is 4.99 Å². The van der Waals surface area contributed by atoms with Gasteiger partial charge in [0.25, 0.3) is 0 Å². The van der Waals surface area contributed by atoms with Crippen molar-refractivity contribution in [2.24, 2.45) is 4.99 Å². The van der Waals surface area contributed by atoms with Gasteiger partial charge in [0.05, 0.1) is 5.71 Å². The molecule has 32 heavy (non-hydrogen) atoms. The largest absolute Gasteiger partial charge is 0.507 e. The maximum Gasteiger partial charge on any atom is 0.122 e. The minimum atomic E-state index is -0.105. The summed E-state index contributed by atoms with van der Waals surface area (Å²) in [6.45, 7) is 10.9. The van der Waals surface area contributed by atoms with Crippen LogP contribution in [0.1, 0.15) is 66.5 Å². The van der Waals surface area contributed by atoms with Gasteiger partial charge in [-0.15, -0.1) is 0 Å². The van der Waals surface area contributed by atoms with Gasteiger partial charge in [0, 0.05) is 28.9 Å². The first-order chi connectivity index (χ1) is 15.4. The topological polar surface area (TPSA) is 32.6 Å². The normalized spacial score (nSPS) is 14.1. The molecule has 1 N–H and O–H groups in total. The first-order valence-electron chi connectivity index (χ1n) is 11.6. The van der Waals surface area contributed by atoms with Gasteiger partial charge in [-0.25, -0.2) is 0 Å². The molecule has 0 aliphatic carbocycles. The predicted molar refractivity (Wildman–Crippen MR) is 142 cm³/mol. The average molecular weight is 446 g/mol. The third-order valence-electron chi connectivity index (χ3n) is 6.40.